The number of carbonyl (C=O) groups excluding carboxylic acids is 4. The largest absolute Gasteiger partial charge is 0.469 e. The number of carbonyl (C=O) groups is 4. The van der Waals surface area contributed by atoms with Crippen LogP contribution in [0.1, 0.15) is 54.2 Å². The minimum atomic E-state index is -0.608. The summed E-state index contributed by atoms with van der Waals surface area (Å²) in [6.07, 6.45) is 6.04. The van der Waals surface area contributed by atoms with E-state index in [4.69, 9.17) is 9.47 Å². The van der Waals surface area contributed by atoms with Gasteiger partial charge in [-0.2, -0.15) is 5.10 Å². The van der Waals surface area contributed by atoms with E-state index in [9.17, 15) is 19.2 Å². The van der Waals surface area contributed by atoms with E-state index in [1.54, 1.807) is 12.3 Å². The lowest BCUT2D eigenvalue weighted by Crippen LogP contribution is -2.36. The third-order valence-corrected chi connectivity index (χ3v) is 6.59. The minimum Gasteiger partial charge on any atom is -0.469 e. The maximum Gasteiger partial charge on any atom is 0.307 e. The number of nitrogens with one attached hydrogen (secondary N) is 1. The normalized spacial score (nSPS) is 18.2. The maximum absolute atomic E-state index is 13.0. The summed E-state index contributed by atoms with van der Waals surface area (Å²) in [5.41, 5.74) is 0.433. The van der Waals surface area contributed by atoms with E-state index >= 15 is 0 Å². The van der Waals surface area contributed by atoms with Crippen molar-refractivity contribution in [3.63, 3.8) is 0 Å². The highest BCUT2D eigenvalue weighted by molar-refractivity contribution is 7.12. The van der Waals surface area contributed by atoms with Crippen molar-refractivity contribution >= 4 is 40.7 Å². The van der Waals surface area contributed by atoms with Gasteiger partial charge in [-0.25, -0.2) is 0 Å². The fourth-order valence-electron chi connectivity index (χ4n) is 4.01. The van der Waals surface area contributed by atoms with E-state index in [-0.39, 0.29) is 30.4 Å². The lowest BCUT2D eigenvalue weighted by atomic mass is 9.76. The molecule has 2 atom stereocenters. The average Bonchev–Trinajstić information content (AvgIpc) is 3.50. The van der Waals surface area contributed by atoms with Crippen molar-refractivity contribution in [1.29, 1.82) is 0 Å². The number of hydrogen-bond acceptors (Lipinski definition) is 8. The smallest absolute Gasteiger partial charge is 0.307 e. The molecule has 32 heavy (non-hydrogen) atoms. The third-order valence-electron chi connectivity index (χ3n) is 5.71. The first-order valence-electron chi connectivity index (χ1n) is 10.5. The number of ketones is 1. The van der Waals surface area contributed by atoms with Gasteiger partial charge in [0.25, 0.3) is 0 Å². The van der Waals surface area contributed by atoms with Gasteiger partial charge < -0.3 is 14.8 Å². The highest BCUT2D eigenvalue weighted by Crippen LogP contribution is 2.34. The Morgan fingerprint density at radius 2 is 1.78 bits per heavy atom. The molecule has 1 N–H and O–H groups in total. The molecule has 0 spiro atoms. The molecule has 0 radical (unpaired) electrons. The van der Waals surface area contributed by atoms with Gasteiger partial charge >= 0.3 is 11.9 Å². The standard InChI is InChI=1S/C22H27N3O6S/c1-30-19(26)10-15(11-20(27)31-2)25-13-14(12-23-25)24-22(29)17-7-4-3-6-16(17)21(28)18-8-5-9-32-18/h5,8-9,12-13,15-17H,3-4,6-7,10-11H2,1-2H3,(H,24,29). The van der Waals surface area contributed by atoms with Gasteiger partial charge in [-0.3, -0.25) is 23.9 Å². The zero-order valence-corrected chi connectivity index (χ0v) is 18.9. The number of rotatable bonds is 9. The zero-order chi connectivity index (χ0) is 23.1. The van der Waals surface area contributed by atoms with Crippen molar-refractivity contribution in [1.82, 2.24) is 9.78 Å². The van der Waals surface area contributed by atoms with Crippen LogP contribution in [0.5, 0.6) is 0 Å². The summed E-state index contributed by atoms with van der Waals surface area (Å²) in [5.74, 6) is -1.94. The van der Waals surface area contributed by atoms with Gasteiger partial charge in [0.1, 0.15) is 0 Å². The number of anilines is 1. The molecule has 2 aromatic heterocycles. The van der Waals surface area contributed by atoms with Gasteiger partial charge in [-0.15, -0.1) is 11.3 Å². The van der Waals surface area contributed by atoms with E-state index in [2.05, 4.69) is 10.4 Å². The topological polar surface area (TPSA) is 117 Å². The summed E-state index contributed by atoms with van der Waals surface area (Å²) in [6.45, 7) is 0. The number of hydrogen-bond donors (Lipinski definition) is 1. The number of esters is 2. The van der Waals surface area contributed by atoms with Crippen LogP contribution < -0.4 is 5.32 Å². The molecular weight excluding hydrogens is 434 g/mol. The lowest BCUT2D eigenvalue weighted by Gasteiger charge is -2.29. The predicted octanol–water partition coefficient (Wildman–Crippen LogP) is 3.24. The van der Waals surface area contributed by atoms with Gasteiger partial charge in [0.2, 0.25) is 5.91 Å². The van der Waals surface area contributed by atoms with Gasteiger partial charge in [0.05, 0.1) is 49.9 Å². The number of Topliss-reactive ketones (excluding diaryl/α,β-unsaturated/α-hetero) is 1. The second kappa shape index (κ2) is 11.0. The fourth-order valence-corrected chi connectivity index (χ4v) is 4.74. The first-order valence-corrected chi connectivity index (χ1v) is 11.4. The third kappa shape index (κ3) is 5.82. The Bertz CT molecular complexity index is 937. The summed E-state index contributed by atoms with van der Waals surface area (Å²) in [7, 11) is 2.54. The molecule has 2 heterocycles. The van der Waals surface area contributed by atoms with Crippen LogP contribution in [0.25, 0.3) is 0 Å². The van der Waals surface area contributed by atoms with Crippen LogP contribution in [-0.2, 0) is 23.9 Å². The van der Waals surface area contributed by atoms with Crippen molar-refractivity contribution in [2.75, 3.05) is 19.5 Å². The number of amides is 1. The Labute approximate surface area is 190 Å². The summed E-state index contributed by atoms with van der Waals surface area (Å²) in [6, 6.07) is 3.02. The van der Waals surface area contributed by atoms with Crippen LogP contribution in [0.15, 0.2) is 29.9 Å². The molecule has 1 fully saturated rings. The van der Waals surface area contributed by atoms with Crippen molar-refractivity contribution < 1.29 is 28.7 Å². The number of nitrogens with zero attached hydrogens (tertiary/aromatic N) is 2. The first kappa shape index (κ1) is 23.6. The Hall–Kier alpha value is -3.01. The summed E-state index contributed by atoms with van der Waals surface area (Å²) < 4.78 is 10.8. The van der Waals surface area contributed by atoms with Crippen LogP contribution in [0.3, 0.4) is 0 Å². The van der Waals surface area contributed by atoms with E-state index in [0.29, 0.717) is 23.4 Å². The van der Waals surface area contributed by atoms with Crippen molar-refractivity contribution in [2.45, 2.75) is 44.6 Å². The molecule has 1 amide bonds. The molecule has 1 saturated carbocycles. The van der Waals surface area contributed by atoms with Crippen molar-refractivity contribution in [3.8, 4) is 0 Å². The predicted molar refractivity (Wildman–Crippen MR) is 117 cm³/mol. The van der Waals surface area contributed by atoms with Crippen LogP contribution in [0.2, 0.25) is 0 Å². The number of ether oxygens (including phenoxy) is 2. The van der Waals surface area contributed by atoms with E-state index in [1.165, 1.54) is 36.4 Å². The van der Waals surface area contributed by atoms with E-state index < -0.39 is 23.9 Å². The summed E-state index contributed by atoms with van der Waals surface area (Å²) in [4.78, 5) is 50.1. The highest BCUT2D eigenvalue weighted by atomic mass is 32.1. The Morgan fingerprint density at radius 3 is 2.38 bits per heavy atom. The summed E-state index contributed by atoms with van der Waals surface area (Å²) >= 11 is 1.39. The molecule has 9 nitrogen and oxygen atoms in total. The molecular formula is C22H27N3O6S. The van der Waals surface area contributed by atoms with Crippen molar-refractivity contribution in [3.05, 3.63) is 34.8 Å². The Kier molecular flexibility index (Phi) is 8.15. The summed E-state index contributed by atoms with van der Waals surface area (Å²) in [5, 5.41) is 8.91. The molecule has 0 bridgehead atoms. The number of thiophene rings is 1. The Balaban J connectivity index is 1.71. The Morgan fingerprint density at radius 1 is 1.12 bits per heavy atom. The quantitative estimate of drug-likeness (QED) is 0.450. The van der Waals surface area contributed by atoms with Gasteiger partial charge in [0.15, 0.2) is 5.78 Å². The molecule has 0 aromatic carbocycles. The van der Waals surface area contributed by atoms with Crippen LogP contribution in [0, 0.1) is 11.8 Å². The molecule has 0 saturated heterocycles. The fraction of sp³-hybridized carbons (Fsp3) is 0.500. The molecule has 10 heteroatoms. The molecule has 2 aromatic rings. The maximum atomic E-state index is 13.0. The monoisotopic (exact) mass is 461 g/mol. The first-order chi connectivity index (χ1) is 15.4. The number of aromatic nitrogens is 2. The average molecular weight is 462 g/mol. The minimum absolute atomic E-state index is 0.0202. The molecule has 0 aliphatic heterocycles. The zero-order valence-electron chi connectivity index (χ0n) is 18.1. The lowest BCUT2D eigenvalue weighted by molar-refractivity contribution is -0.144. The molecule has 172 valence electrons. The van der Waals surface area contributed by atoms with Crippen molar-refractivity contribution in [2.24, 2.45) is 11.8 Å². The highest BCUT2D eigenvalue weighted by Gasteiger charge is 2.36. The molecule has 3 rings (SSSR count). The van der Waals surface area contributed by atoms with E-state index in [0.717, 1.165) is 12.8 Å². The molecule has 1 aliphatic carbocycles. The second-order valence-corrected chi connectivity index (χ2v) is 8.70. The van der Waals surface area contributed by atoms with Crippen LogP contribution >= 0.6 is 11.3 Å². The van der Waals surface area contributed by atoms with Gasteiger partial charge in [0, 0.05) is 18.0 Å². The second-order valence-electron chi connectivity index (χ2n) is 7.75. The van der Waals surface area contributed by atoms with Crippen LogP contribution in [-0.4, -0.2) is 47.6 Å². The van der Waals surface area contributed by atoms with E-state index in [1.807, 2.05) is 11.4 Å². The molecule has 1 aliphatic rings. The SMILES string of the molecule is COC(=O)CC(CC(=O)OC)n1cc(NC(=O)C2CCCCC2C(=O)c2cccs2)cn1. The van der Waals surface area contributed by atoms with Gasteiger partial charge in [-0.1, -0.05) is 18.9 Å². The van der Waals surface area contributed by atoms with Gasteiger partial charge in [-0.05, 0) is 24.3 Å². The number of methoxy groups -OCH3 is 2. The molecule has 2 unspecified atom stereocenters. The van der Waals surface area contributed by atoms with Crippen LogP contribution in [0.4, 0.5) is 5.69 Å².